The number of aromatic nitrogens is 2. The number of rotatable bonds is 3. The van der Waals surface area contributed by atoms with Gasteiger partial charge in [-0.25, -0.2) is 5.43 Å². The first-order valence-electron chi connectivity index (χ1n) is 6.62. The van der Waals surface area contributed by atoms with Crippen LogP contribution in [0.3, 0.4) is 0 Å². The summed E-state index contributed by atoms with van der Waals surface area (Å²) in [6, 6.07) is 14.0. The van der Waals surface area contributed by atoms with Gasteiger partial charge in [-0.05, 0) is 58.7 Å². The Morgan fingerprint density at radius 1 is 1.14 bits per heavy atom. The Bertz CT molecular complexity index is 771. The van der Waals surface area contributed by atoms with E-state index in [0.717, 1.165) is 32.3 Å². The summed E-state index contributed by atoms with van der Waals surface area (Å²) in [4.78, 5) is 8.93. The van der Waals surface area contributed by atoms with Crippen molar-refractivity contribution in [1.82, 2.24) is 15.4 Å². The Balaban J connectivity index is 2.04. The molecule has 1 atom stereocenters. The highest BCUT2D eigenvalue weighted by Crippen LogP contribution is 2.24. The molecule has 0 spiro atoms. The second-order valence-electron chi connectivity index (χ2n) is 4.91. The van der Waals surface area contributed by atoms with Crippen LogP contribution in [0.25, 0.3) is 10.9 Å². The molecule has 0 radical (unpaired) electrons. The van der Waals surface area contributed by atoms with Gasteiger partial charge in [-0.15, -0.1) is 0 Å². The van der Waals surface area contributed by atoms with E-state index in [-0.39, 0.29) is 6.04 Å². The molecule has 5 heteroatoms. The highest BCUT2D eigenvalue weighted by Gasteiger charge is 2.14. The van der Waals surface area contributed by atoms with E-state index in [1.165, 1.54) is 0 Å². The largest absolute Gasteiger partial charge is 0.271 e. The van der Waals surface area contributed by atoms with Crippen LogP contribution in [0.5, 0.6) is 0 Å². The smallest absolute Gasteiger partial charge is 0.0881 e. The lowest BCUT2D eigenvalue weighted by atomic mass is 10.0. The Morgan fingerprint density at radius 2 is 2.00 bits per heavy atom. The van der Waals surface area contributed by atoms with Gasteiger partial charge >= 0.3 is 0 Å². The average molecular weight is 343 g/mol. The molecule has 3 N–H and O–H groups in total. The van der Waals surface area contributed by atoms with E-state index in [2.05, 4.69) is 43.5 Å². The Morgan fingerprint density at radius 3 is 2.71 bits per heavy atom. The highest BCUT2D eigenvalue weighted by atomic mass is 79.9. The molecular weight excluding hydrogens is 328 g/mol. The fourth-order valence-corrected chi connectivity index (χ4v) is 2.57. The SMILES string of the molecule is Cc1ccc2cc(C(NN)c3ccc(Br)cn3)ccc2n1. The molecule has 0 amide bonds. The predicted octanol–water partition coefficient (Wildman–Crippen LogP) is 3.25. The van der Waals surface area contributed by atoms with Gasteiger partial charge in [0.05, 0.1) is 17.3 Å². The van der Waals surface area contributed by atoms with Crippen LogP contribution in [0.2, 0.25) is 0 Å². The van der Waals surface area contributed by atoms with Gasteiger partial charge in [0.1, 0.15) is 0 Å². The number of benzene rings is 1. The quantitative estimate of drug-likeness (QED) is 0.566. The van der Waals surface area contributed by atoms with Crippen LogP contribution >= 0.6 is 15.9 Å². The molecular formula is C16H15BrN4. The van der Waals surface area contributed by atoms with E-state index < -0.39 is 0 Å². The number of fused-ring (bicyclic) bond motifs is 1. The molecule has 2 aromatic heterocycles. The Kier molecular flexibility index (Phi) is 3.96. The zero-order valence-electron chi connectivity index (χ0n) is 11.5. The number of nitrogens with one attached hydrogen (secondary N) is 1. The standard InChI is InChI=1S/C16H15BrN4/c1-10-2-3-11-8-12(4-6-14(11)20-10)16(21-18)15-7-5-13(17)9-19-15/h2-9,16,21H,18H2,1H3. The van der Waals surface area contributed by atoms with E-state index in [1.54, 1.807) is 6.20 Å². The minimum atomic E-state index is -0.149. The van der Waals surface area contributed by atoms with Crippen LogP contribution in [0.4, 0.5) is 0 Å². The van der Waals surface area contributed by atoms with Gasteiger partial charge in [-0.3, -0.25) is 15.8 Å². The maximum Gasteiger partial charge on any atom is 0.0881 e. The molecule has 1 aromatic carbocycles. The van der Waals surface area contributed by atoms with E-state index in [0.29, 0.717) is 0 Å². The van der Waals surface area contributed by atoms with Crippen molar-refractivity contribution in [3.05, 3.63) is 70.1 Å². The number of hydrogen-bond acceptors (Lipinski definition) is 4. The van der Waals surface area contributed by atoms with Crippen molar-refractivity contribution in [2.75, 3.05) is 0 Å². The van der Waals surface area contributed by atoms with Gasteiger partial charge in [-0.2, -0.15) is 0 Å². The molecule has 3 aromatic rings. The first kappa shape index (κ1) is 14.1. The van der Waals surface area contributed by atoms with Gasteiger partial charge < -0.3 is 0 Å². The molecule has 1 unspecified atom stereocenters. The molecule has 0 bridgehead atoms. The number of hydrogen-bond donors (Lipinski definition) is 2. The number of pyridine rings is 2. The summed E-state index contributed by atoms with van der Waals surface area (Å²) in [5.41, 5.74) is 6.76. The van der Waals surface area contributed by atoms with E-state index >= 15 is 0 Å². The van der Waals surface area contributed by atoms with Crippen LogP contribution in [-0.2, 0) is 0 Å². The molecule has 0 saturated heterocycles. The van der Waals surface area contributed by atoms with Crippen molar-refractivity contribution in [1.29, 1.82) is 0 Å². The summed E-state index contributed by atoms with van der Waals surface area (Å²) in [5, 5.41) is 1.09. The minimum absolute atomic E-state index is 0.149. The van der Waals surface area contributed by atoms with Crippen LogP contribution < -0.4 is 11.3 Å². The van der Waals surface area contributed by atoms with Crippen molar-refractivity contribution in [3.63, 3.8) is 0 Å². The number of aryl methyl sites for hydroxylation is 1. The number of nitrogens with zero attached hydrogens (tertiary/aromatic N) is 2. The van der Waals surface area contributed by atoms with Crippen molar-refractivity contribution < 1.29 is 0 Å². The molecule has 106 valence electrons. The second kappa shape index (κ2) is 5.89. The third-order valence-corrected chi connectivity index (χ3v) is 3.87. The normalized spacial score (nSPS) is 12.5. The molecule has 3 rings (SSSR count). The van der Waals surface area contributed by atoms with Crippen molar-refractivity contribution in [3.8, 4) is 0 Å². The molecule has 0 aliphatic heterocycles. The number of nitrogens with two attached hydrogens (primary N) is 1. The van der Waals surface area contributed by atoms with Gasteiger partial charge in [0.2, 0.25) is 0 Å². The second-order valence-corrected chi connectivity index (χ2v) is 5.82. The van der Waals surface area contributed by atoms with Gasteiger partial charge in [0.25, 0.3) is 0 Å². The first-order chi connectivity index (χ1) is 10.2. The maximum atomic E-state index is 5.73. The lowest BCUT2D eigenvalue weighted by Gasteiger charge is -2.16. The summed E-state index contributed by atoms with van der Waals surface area (Å²) in [5.74, 6) is 5.73. The predicted molar refractivity (Wildman–Crippen MR) is 87.6 cm³/mol. The van der Waals surface area contributed by atoms with Gasteiger partial charge in [0, 0.05) is 21.7 Å². The molecule has 0 aliphatic carbocycles. The third kappa shape index (κ3) is 2.95. The zero-order chi connectivity index (χ0) is 14.8. The summed E-state index contributed by atoms with van der Waals surface area (Å²) in [6.45, 7) is 1.99. The Labute approximate surface area is 131 Å². The highest BCUT2D eigenvalue weighted by molar-refractivity contribution is 9.10. The fourth-order valence-electron chi connectivity index (χ4n) is 2.34. The van der Waals surface area contributed by atoms with Crippen LogP contribution in [0, 0.1) is 6.92 Å². The molecule has 0 fully saturated rings. The molecule has 0 aliphatic rings. The van der Waals surface area contributed by atoms with E-state index in [1.807, 2.05) is 37.3 Å². The van der Waals surface area contributed by atoms with Gasteiger partial charge in [0.15, 0.2) is 0 Å². The zero-order valence-corrected chi connectivity index (χ0v) is 13.1. The maximum absolute atomic E-state index is 5.73. The number of halogens is 1. The van der Waals surface area contributed by atoms with Crippen molar-refractivity contribution in [2.45, 2.75) is 13.0 Å². The summed E-state index contributed by atoms with van der Waals surface area (Å²) in [7, 11) is 0. The molecule has 0 saturated carbocycles. The molecule has 4 nitrogen and oxygen atoms in total. The van der Waals surface area contributed by atoms with Crippen molar-refractivity contribution >= 4 is 26.8 Å². The number of hydrazine groups is 1. The van der Waals surface area contributed by atoms with Crippen LogP contribution in [-0.4, -0.2) is 9.97 Å². The van der Waals surface area contributed by atoms with E-state index in [9.17, 15) is 0 Å². The molecule has 2 heterocycles. The van der Waals surface area contributed by atoms with Gasteiger partial charge in [-0.1, -0.05) is 12.1 Å². The summed E-state index contributed by atoms with van der Waals surface area (Å²) in [6.07, 6.45) is 1.77. The Hall–Kier alpha value is -1.82. The molecule has 21 heavy (non-hydrogen) atoms. The van der Waals surface area contributed by atoms with E-state index in [4.69, 9.17) is 5.84 Å². The fraction of sp³-hybridized carbons (Fsp3) is 0.125. The average Bonchev–Trinajstić information content (AvgIpc) is 2.50. The third-order valence-electron chi connectivity index (χ3n) is 3.40. The topological polar surface area (TPSA) is 63.8 Å². The lowest BCUT2D eigenvalue weighted by Crippen LogP contribution is -2.29. The minimum Gasteiger partial charge on any atom is -0.271 e. The van der Waals surface area contributed by atoms with Crippen LogP contribution in [0.15, 0.2) is 53.1 Å². The van der Waals surface area contributed by atoms with Crippen LogP contribution in [0.1, 0.15) is 23.0 Å². The first-order valence-corrected chi connectivity index (χ1v) is 7.41. The summed E-state index contributed by atoms with van der Waals surface area (Å²) >= 11 is 3.39. The summed E-state index contributed by atoms with van der Waals surface area (Å²) < 4.78 is 0.945. The monoisotopic (exact) mass is 342 g/mol. The lowest BCUT2D eigenvalue weighted by molar-refractivity contribution is 0.621. The van der Waals surface area contributed by atoms with Crippen molar-refractivity contribution in [2.24, 2.45) is 5.84 Å².